The van der Waals surface area contributed by atoms with E-state index < -0.39 is 0 Å². The SMILES string of the molecule is CCOc1ccc(Cn2cc(C(Br)CC)nn2)cc1. The van der Waals surface area contributed by atoms with Gasteiger partial charge < -0.3 is 4.74 Å². The predicted molar refractivity (Wildman–Crippen MR) is 78.7 cm³/mol. The molecule has 5 heteroatoms. The monoisotopic (exact) mass is 323 g/mol. The molecule has 0 spiro atoms. The summed E-state index contributed by atoms with van der Waals surface area (Å²) in [6.07, 6.45) is 2.99. The van der Waals surface area contributed by atoms with Gasteiger partial charge in [-0.15, -0.1) is 5.10 Å². The molecule has 0 radical (unpaired) electrons. The quantitative estimate of drug-likeness (QED) is 0.763. The number of rotatable bonds is 6. The van der Waals surface area contributed by atoms with Crippen molar-refractivity contribution in [2.75, 3.05) is 6.61 Å². The zero-order valence-electron chi connectivity index (χ0n) is 11.2. The van der Waals surface area contributed by atoms with Gasteiger partial charge in [0.2, 0.25) is 0 Å². The minimum atomic E-state index is 0.279. The fraction of sp³-hybridized carbons (Fsp3) is 0.429. The van der Waals surface area contributed by atoms with E-state index in [-0.39, 0.29) is 4.83 Å². The predicted octanol–water partition coefficient (Wildman–Crippen LogP) is 3.57. The van der Waals surface area contributed by atoms with Gasteiger partial charge in [0.05, 0.1) is 23.7 Å². The maximum Gasteiger partial charge on any atom is 0.119 e. The highest BCUT2D eigenvalue weighted by atomic mass is 79.9. The molecule has 0 N–H and O–H groups in total. The molecule has 2 aromatic rings. The fourth-order valence-electron chi connectivity index (χ4n) is 1.79. The van der Waals surface area contributed by atoms with Crippen LogP contribution in [-0.4, -0.2) is 21.6 Å². The first kappa shape index (κ1) is 14.1. The Morgan fingerprint density at radius 2 is 2.00 bits per heavy atom. The lowest BCUT2D eigenvalue weighted by atomic mass is 10.2. The van der Waals surface area contributed by atoms with Crippen molar-refractivity contribution >= 4 is 15.9 Å². The highest BCUT2D eigenvalue weighted by Gasteiger charge is 2.09. The van der Waals surface area contributed by atoms with Crippen molar-refractivity contribution in [1.82, 2.24) is 15.0 Å². The van der Waals surface area contributed by atoms with Crippen LogP contribution in [0, 0.1) is 0 Å². The maximum absolute atomic E-state index is 5.42. The molecule has 1 aromatic carbocycles. The van der Waals surface area contributed by atoms with Crippen molar-refractivity contribution in [2.45, 2.75) is 31.6 Å². The van der Waals surface area contributed by atoms with Gasteiger partial charge in [-0.2, -0.15) is 0 Å². The summed E-state index contributed by atoms with van der Waals surface area (Å²) in [5.41, 5.74) is 2.16. The normalized spacial score (nSPS) is 12.4. The van der Waals surface area contributed by atoms with E-state index in [1.54, 1.807) is 0 Å². The van der Waals surface area contributed by atoms with Crippen LogP contribution >= 0.6 is 15.9 Å². The van der Waals surface area contributed by atoms with Crippen molar-refractivity contribution < 1.29 is 4.74 Å². The summed E-state index contributed by atoms with van der Waals surface area (Å²) >= 11 is 3.58. The van der Waals surface area contributed by atoms with Crippen LogP contribution in [0.2, 0.25) is 0 Å². The highest BCUT2D eigenvalue weighted by Crippen LogP contribution is 2.23. The number of halogens is 1. The van der Waals surface area contributed by atoms with Crippen molar-refractivity contribution in [1.29, 1.82) is 0 Å². The van der Waals surface area contributed by atoms with Crippen molar-refractivity contribution in [3.63, 3.8) is 0 Å². The molecule has 19 heavy (non-hydrogen) atoms. The number of hydrogen-bond donors (Lipinski definition) is 0. The number of nitrogens with zero attached hydrogens (tertiary/aromatic N) is 3. The van der Waals surface area contributed by atoms with E-state index in [2.05, 4.69) is 45.3 Å². The average molecular weight is 324 g/mol. The Hall–Kier alpha value is -1.36. The summed E-state index contributed by atoms with van der Waals surface area (Å²) in [6, 6.07) is 8.07. The molecule has 1 heterocycles. The Morgan fingerprint density at radius 1 is 1.26 bits per heavy atom. The van der Waals surface area contributed by atoms with E-state index in [1.165, 1.54) is 5.56 Å². The lowest BCUT2D eigenvalue weighted by Crippen LogP contribution is -2.00. The Morgan fingerprint density at radius 3 is 2.63 bits per heavy atom. The number of hydrogen-bond acceptors (Lipinski definition) is 3. The van der Waals surface area contributed by atoms with E-state index in [4.69, 9.17) is 4.74 Å². The standard InChI is InChI=1S/C14H18BrN3O/c1-3-13(15)14-10-18(17-16-14)9-11-5-7-12(8-6-11)19-4-2/h5-8,10,13H,3-4,9H2,1-2H3. The van der Waals surface area contributed by atoms with Gasteiger partial charge in [0.15, 0.2) is 0 Å². The second-order valence-corrected chi connectivity index (χ2v) is 5.40. The van der Waals surface area contributed by atoms with Crippen LogP contribution in [0.5, 0.6) is 5.75 Å². The van der Waals surface area contributed by atoms with E-state index in [1.807, 2.05) is 29.9 Å². The summed E-state index contributed by atoms with van der Waals surface area (Å²) < 4.78 is 7.28. The lowest BCUT2D eigenvalue weighted by molar-refractivity contribution is 0.340. The Balaban J connectivity index is 2.02. The van der Waals surface area contributed by atoms with Crippen LogP contribution in [0.15, 0.2) is 30.5 Å². The summed E-state index contributed by atoms with van der Waals surface area (Å²) in [5.74, 6) is 0.900. The molecule has 0 aliphatic heterocycles. The van der Waals surface area contributed by atoms with Crippen LogP contribution in [-0.2, 0) is 6.54 Å². The van der Waals surface area contributed by atoms with Gasteiger partial charge in [0.1, 0.15) is 5.75 Å². The number of alkyl halides is 1. The molecule has 4 nitrogen and oxygen atoms in total. The fourth-order valence-corrected chi connectivity index (χ4v) is 2.00. The van der Waals surface area contributed by atoms with E-state index in [9.17, 15) is 0 Å². The van der Waals surface area contributed by atoms with Gasteiger partial charge in [-0.05, 0) is 31.0 Å². The molecule has 0 fully saturated rings. The minimum Gasteiger partial charge on any atom is -0.494 e. The third-order valence-electron chi connectivity index (χ3n) is 2.81. The largest absolute Gasteiger partial charge is 0.494 e. The number of benzene rings is 1. The zero-order chi connectivity index (χ0) is 13.7. The van der Waals surface area contributed by atoms with E-state index in [0.29, 0.717) is 6.61 Å². The highest BCUT2D eigenvalue weighted by molar-refractivity contribution is 9.09. The first-order valence-electron chi connectivity index (χ1n) is 6.48. The van der Waals surface area contributed by atoms with Crippen LogP contribution in [0.25, 0.3) is 0 Å². The number of ether oxygens (including phenoxy) is 1. The maximum atomic E-state index is 5.42. The molecule has 1 aromatic heterocycles. The van der Waals surface area contributed by atoms with Gasteiger partial charge in [0.25, 0.3) is 0 Å². The van der Waals surface area contributed by atoms with Crippen molar-refractivity contribution in [3.05, 3.63) is 41.7 Å². The third kappa shape index (κ3) is 3.80. The van der Waals surface area contributed by atoms with E-state index in [0.717, 1.165) is 24.4 Å². The lowest BCUT2D eigenvalue weighted by Gasteiger charge is -2.05. The van der Waals surface area contributed by atoms with Crippen LogP contribution < -0.4 is 4.74 Å². The average Bonchev–Trinajstić information content (AvgIpc) is 2.89. The molecule has 2 rings (SSSR count). The van der Waals surface area contributed by atoms with Crippen molar-refractivity contribution in [3.8, 4) is 5.75 Å². The Labute approximate surface area is 121 Å². The molecule has 0 aliphatic carbocycles. The topological polar surface area (TPSA) is 39.9 Å². The Bertz CT molecular complexity index is 510. The molecule has 1 unspecified atom stereocenters. The van der Waals surface area contributed by atoms with Gasteiger partial charge in [-0.1, -0.05) is 40.2 Å². The van der Waals surface area contributed by atoms with Crippen LogP contribution in [0.3, 0.4) is 0 Å². The molecule has 0 amide bonds. The molecule has 0 aliphatic rings. The van der Waals surface area contributed by atoms with Crippen molar-refractivity contribution in [2.24, 2.45) is 0 Å². The van der Waals surface area contributed by atoms with Crippen LogP contribution in [0.1, 0.15) is 36.4 Å². The first-order valence-corrected chi connectivity index (χ1v) is 7.40. The zero-order valence-corrected chi connectivity index (χ0v) is 12.8. The van der Waals surface area contributed by atoms with Gasteiger partial charge in [0, 0.05) is 6.20 Å². The van der Waals surface area contributed by atoms with Gasteiger partial charge in [-0.25, -0.2) is 4.68 Å². The number of aromatic nitrogens is 3. The summed E-state index contributed by atoms with van der Waals surface area (Å²) in [4.78, 5) is 0.279. The second-order valence-electron chi connectivity index (χ2n) is 4.29. The molecule has 0 saturated carbocycles. The molecule has 1 atom stereocenters. The smallest absolute Gasteiger partial charge is 0.119 e. The third-order valence-corrected chi connectivity index (χ3v) is 3.93. The molecule has 0 saturated heterocycles. The molecular weight excluding hydrogens is 306 g/mol. The van der Waals surface area contributed by atoms with Crippen LogP contribution in [0.4, 0.5) is 0 Å². The second kappa shape index (κ2) is 6.70. The summed E-state index contributed by atoms with van der Waals surface area (Å²) in [6.45, 7) is 5.51. The van der Waals surface area contributed by atoms with Gasteiger partial charge >= 0.3 is 0 Å². The molecule has 0 bridgehead atoms. The minimum absolute atomic E-state index is 0.279. The summed E-state index contributed by atoms with van der Waals surface area (Å²) in [5, 5.41) is 8.32. The Kier molecular flexibility index (Phi) is 4.96. The molecule has 102 valence electrons. The summed E-state index contributed by atoms with van der Waals surface area (Å²) in [7, 11) is 0. The first-order chi connectivity index (χ1) is 9.22. The molecular formula is C14H18BrN3O. The van der Waals surface area contributed by atoms with E-state index >= 15 is 0 Å². The van der Waals surface area contributed by atoms with Gasteiger partial charge in [-0.3, -0.25) is 0 Å².